The monoisotopic (exact) mass is 474 g/mol. The van der Waals surface area contributed by atoms with Crippen LogP contribution < -0.4 is 4.74 Å². The SMILES string of the molecule is COc1ccc(C2=NN(C(=O)CSc3nnc(-c4ccncc4)n3C)[C@H](c3ccco3)C2)cc1. The Kier molecular flexibility index (Phi) is 6.13. The van der Waals surface area contributed by atoms with Crippen molar-refractivity contribution in [1.82, 2.24) is 24.8 Å². The minimum Gasteiger partial charge on any atom is -0.497 e. The highest BCUT2D eigenvalue weighted by molar-refractivity contribution is 7.99. The van der Waals surface area contributed by atoms with E-state index in [0.29, 0.717) is 23.2 Å². The van der Waals surface area contributed by atoms with Gasteiger partial charge < -0.3 is 13.7 Å². The molecule has 1 aliphatic heterocycles. The van der Waals surface area contributed by atoms with Crippen molar-refractivity contribution in [2.24, 2.45) is 12.1 Å². The van der Waals surface area contributed by atoms with Crippen molar-refractivity contribution in [3.8, 4) is 17.1 Å². The number of carbonyl (C=O) groups is 1. The lowest BCUT2D eigenvalue weighted by molar-refractivity contribution is -0.130. The summed E-state index contributed by atoms with van der Waals surface area (Å²) in [6, 6.07) is 14.8. The van der Waals surface area contributed by atoms with Crippen LogP contribution in [0.4, 0.5) is 0 Å². The van der Waals surface area contributed by atoms with E-state index in [-0.39, 0.29) is 17.7 Å². The Hall–Kier alpha value is -3.92. The van der Waals surface area contributed by atoms with Gasteiger partial charge in [-0.25, -0.2) is 5.01 Å². The molecule has 5 rings (SSSR count). The van der Waals surface area contributed by atoms with E-state index in [1.54, 1.807) is 25.8 Å². The molecule has 0 unspecified atom stereocenters. The normalized spacial score (nSPS) is 15.4. The van der Waals surface area contributed by atoms with Crippen LogP contribution in [0.25, 0.3) is 11.4 Å². The van der Waals surface area contributed by atoms with Gasteiger partial charge in [0.05, 0.1) is 24.8 Å². The standard InChI is InChI=1S/C24H22N6O3S/c1-29-23(17-9-11-25-12-10-17)26-27-24(29)34-15-22(31)30-20(21-4-3-13-33-21)14-19(28-30)16-5-7-18(32-2)8-6-16/h3-13,20H,14-15H2,1-2H3/t20-/m0/s1. The molecular formula is C24H22N6O3S. The van der Waals surface area contributed by atoms with Crippen LogP contribution in [0.1, 0.15) is 23.8 Å². The van der Waals surface area contributed by atoms with Crippen LogP contribution in [0.2, 0.25) is 0 Å². The van der Waals surface area contributed by atoms with Crippen LogP contribution in [0.3, 0.4) is 0 Å². The second-order valence-corrected chi connectivity index (χ2v) is 8.58. The Labute approximate surface area is 200 Å². The number of aromatic nitrogens is 4. The number of amides is 1. The van der Waals surface area contributed by atoms with Crippen molar-refractivity contribution in [2.75, 3.05) is 12.9 Å². The first kappa shape index (κ1) is 21.9. The molecule has 34 heavy (non-hydrogen) atoms. The molecule has 0 fully saturated rings. The summed E-state index contributed by atoms with van der Waals surface area (Å²) in [7, 11) is 3.51. The summed E-state index contributed by atoms with van der Waals surface area (Å²) in [5, 5.41) is 15.4. The minimum atomic E-state index is -0.299. The number of methoxy groups -OCH3 is 1. The molecule has 0 saturated carbocycles. The Bertz CT molecular complexity index is 1300. The molecule has 172 valence electrons. The lowest BCUT2D eigenvalue weighted by Crippen LogP contribution is -2.28. The maximum Gasteiger partial charge on any atom is 0.253 e. The van der Waals surface area contributed by atoms with Gasteiger partial charge in [0.2, 0.25) is 0 Å². The molecule has 3 aromatic heterocycles. The molecule has 10 heteroatoms. The van der Waals surface area contributed by atoms with Gasteiger partial charge in [0.25, 0.3) is 5.91 Å². The van der Waals surface area contributed by atoms with E-state index < -0.39 is 0 Å². The summed E-state index contributed by atoms with van der Waals surface area (Å²) in [6.07, 6.45) is 5.59. The summed E-state index contributed by atoms with van der Waals surface area (Å²) < 4.78 is 12.7. The number of nitrogens with zero attached hydrogens (tertiary/aromatic N) is 6. The molecule has 4 aromatic rings. The highest BCUT2D eigenvalue weighted by Gasteiger charge is 2.35. The van der Waals surface area contributed by atoms with Gasteiger partial charge in [-0.1, -0.05) is 11.8 Å². The molecule has 4 heterocycles. The topological polar surface area (TPSA) is 98.6 Å². The van der Waals surface area contributed by atoms with E-state index >= 15 is 0 Å². The minimum absolute atomic E-state index is 0.136. The van der Waals surface area contributed by atoms with Gasteiger partial charge in [-0.2, -0.15) is 5.10 Å². The van der Waals surface area contributed by atoms with E-state index in [1.165, 1.54) is 16.8 Å². The molecule has 0 saturated heterocycles. The number of benzene rings is 1. The summed E-state index contributed by atoms with van der Waals surface area (Å²) in [5.74, 6) is 2.21. The first-order valence-corrected chi connectivity index (χ1v) is 11.6. The van der Waals surface area contributed by atoms with E-state index in [1.807, 2.05) is 60.1 Å². The predicted octanol–water partition coefficient (Wildman–Crippen LogP) is 3.95. The smallest absolute Gasteiger partial charge is 0.253 e. The zero-order valence-corrected chi connectivity index (χ0v) is 19.5. The maximum atomic E-state index is 13.3. The number of hydrogen-bond donors (Lipinski definition) is 0. The van der Waals surface area contributed by atoms with Gasteiger partial charge in [-0.3, -0.25) is 9.78 Å². The zero-order chi connectivity index (χ0) is 23.5. The van der Waals surface area contributed by atoms with E-state index in [2.05, 4.69) is 20.3 Å². The van der Waals surface area contributed by atoms with Crippen molar-refractivity contribution in [2.45, 2.75) is 17.6 Å². The average molecular weight is 475 g/mol. The number of carbonyl (C=O) groups excluding carboxylic acids is 1. The van der Waals surface area contributed by atoms with Crippen molar-refractivity contribution in [3.63, 3.8) is 0 Å². The second kappa shape index (κ2) is 9.52. The average Bonchev–Trinajstić information content (AvgIpc) is 3.63. The van der Waals surface area contributed by atoms with E-state index in [0.717, 1.165) is 22.6 Å². The second-order valence-electron chi connectivity index (χ2n) is 7.64. The third kappa shape index (κ3) is 4.32. The van der Waals surface area contributed by atoms with Crippen LogP contribution in [0, 0.1) is 0 Å². The number of furan rings is 1. The van der Waals surface area contributed by atoms with Crippen molar-refractivity contribution in [1.29, 1.82) is 0 Å². The van der Waals surface area contributed by atoms with Crippen LogP contribution in [-0.2, 0) is 11.8 Å². The Balaban J connectivity index is 1.34. The molecule has 1 aliphatic rings. The first-order valence-electron chi connectivity index (χ1n) is 10.6. The zero-order valence-electron chi connectivity index (χ0n) is 18.7. The largest absolute Gasteiger partial charge is 0.497 e. The molecule has 0 aliphatic carbocycles. The lowest BCUT2D eigenvalue weighted by atomic mass is 10.0. The fourth-order valence-electron chi connectivity index (χ4n) is 3.79. The quantitative estimate of drug-likeness (QED) is 0.374. The van der Waals surface area contributed by atoms with Crippen LogP contribution in [0.15, 0.2) is 81.9 Å². The summed E-state index contributed by atoms with van der Waals surface area (Å²) >= 11 is 1.32. The van der Waals surface area contributed by atoms with Crippen molar-refractivity contribution in [3.05, 3.63) is 78.5 Å². The number of pyridine rings is 1. The van der Waals surface area contributed by atoms with Gasteiger partial charge in [0.1, 0.15) is 17.6 Å². The summed E-state index contributed by atoms with van der Waals surface area (Å²) in [5.41, 5.74) is 2.67. The predicted molar refractivity (Wildman–Crippen MR) is 127 cm³/mol. The fraction of sp³-hybridized carbons (Fsp3) is 0.208. The molecule has 0 radical (unpaired) electrons. The van der Waals surface area contributed by atoms with Gasteiger partial charge >= 0.3 is 0 Å². The summed E-state index contributed by atoms with van der Waals surface area (Å²) in [4.78, 5) is 17.3. The van der Waals surface area contributed by atoms with Gasteiger partial charge in [-0.05, 0) is 54.1 Å². The van der Waals surface area contributed by atoms with E-state index in [4.69, 9.17) is 9.15 Å². The molecule has 0 bridgehead atoms. The number of thioether (sulfide) groups is 1. The number of ether oxygens (including phenoxy) is 1. The van der Waals surface area contributed by atoms with Crippen molar-refractivity contribution < 1.29 is 13.9 Å². The maximum absolute atomic E-state index is 13.3. The van der Waals surface area contributed by atoms with Crippen LogP contribution in [-0.4, -0.2) is 49.2 Å². The van der Waals surface area contributed by atoms with Crippen LogP contribution in [0.5, 0.6) is 5.75 Å². The first-order chi connectivity index (χ1) is 16.6. The molecule has 1 amide bonds. The Morgan fingerprint density at radius 2 is 1.91 bits per heavy atom. The van der Waals surface area contributed by atoms with Gasteiger partial charge in [0, 0.05) is 31.4 Å². The van der Waals surface area contributed by atoms with Gasteiger partial charge in [0.15, 0.2) is 11.0 Å². The number of hydrogen-bond acceptors (Lipinski definition) is 8. The fourth-order valence-corrected chi connectivity index (χ4v) is 4.55. The van der Waals surface area contributed by atoms with Crippen LogP contribution >= 0.6 is 11.8 Å². The molecule has 0 spiro atoms. The summed E-state index contributed by atoms with van der Waals surface area (Å²) in [6.45, 7) is 0. The third-order valence-electron chi connectivity index (χ3n) is 5.56. The third-order valence-corrected chi connectivity index (χ3v) is 6.56. The molecule has 1 aromatic carbocycles. The molecule has 1 atom stereocenters. The van der Waals surface area contributed by atoms with E-state index in [9.17, 15) is 4.79 Å². The molecule has 9 nitrogen and oxygen atoms in total. The Morgan fingerprint density at radius 1 is 1.12 bits per heavy atom. The number of rotatable bonds is 7. The highest BCUT2D eigenvalue weighted by Crippen LogP contribution is 2.34. The van der Waals surface area contributed by atoms with Crippen molar-refractivity contribution >= 4 is 23.4 Å². The highest BCUT2D eigenvalue weighted by atomic mass is 32.2. The Morgan fingerprint density at radius 3 is 2.62 bits per heavy atom. The molecular weight excluding hydrogens is 452 g/mol. The van der Waals surface area contributed by atoms with Gasteiger partial charge in [-0.15, -0.1) is 10.2 Å². The lowest BCUT2D eigenvalue weighted by Gasteiger charge is -2.19. The number of hydrazone groups is 1. The molecule has 0 N–H and O–H groups in total.